The van der Waals surface area contributed by atoms with Gasteiger partial charge >= 0.3 is 12.1 Å². The summed E-state index contributed by atoms with van der Waals surface area (Å²) in [6.07, 6.45) is -4.31. The van der Waals surface area contributed by atoms with Crippen LogP contribution in [-0.4, -0.2) is 42.1 Å². The molecule has 1 aliphatic heterocycles. The van der Waals surface area contributed by atoms with Crippen LogP contribution in [0.15, 0.2) is 30.3 Å². The molecule has 2 aromatic rings. The maximum atomic E-state index is 13.6. The number of rotatable bonds is 6. The van der Waals surface area contributed by atoms with E-state index < -0.39 is 41.3 Å². The lowest BCUT2D eigenvalue weighted by molar-refractivity contribution is -0.137. The fourth-order valence-corrected chi connectivity index (χ4v) is 3.27. The SMILES string of the molecule is CCOC(=O)c1ccc(C(=O)Nc2ccc(NC(=O)C3CCCO3)cc2C(F)(F)F)nc1C. The van der Waals surface area contributed by atoms with E-state index in [1.807, 2.05) is 0 Å². The number of hydrogen-bond acceptors (Lipinski definition) is 6. The molecule has 0 aliphatic carbocycles. The summed E-state index contributed by atoms with van der Waals surface area (Å²) in [6.45, 7) is 3.70. The summed E-state index contributed by atoms with van der Waals surface area (Å²) in [7, 11) is 0. The zero-order valence-electron chi connectivity index (χ0n) is 17.9. The second kappa shape index (κ2) is 9.99. The number of anilines is 2. The molecular formula is C22H22F3N3O5. The highest BCUT2D eigenvalue weighted by Crippen LogP contribution is 2.37. The first kappa shape index (κ1) is 24.2. The van der Waals surface area contributed by atoms with E-state index in [0.717, 1.165) is 12.1 Å². The van der Waals surface area contributed by atoms with Gasteiger partial charge in [0.05, 0.1) is 29.1 Å². The summed E-state index contributed by atoms with van der Waals surface area (Å²) in [6, 6.07) is 5.58. The standard InChI is InChI=1S/C22H22F3N3O5/c1-3-32-21(31)14-7-9-17(26-12(14)2)19(29)28-16-8-6-13(11-15(16)22(23,24)25)27-20(30)18-5-4-10-33-18/h6-9,11,18H,3-5,10H2,1-2H3,(H,27,30)(H,28,29). The largest absolute Gasteiger partial charge is 0.462 e. The monoisotopic (exact) mass is 465 g/mol. The molecule has 8 nitrogen and oxygen atoms in total. The predicted octanol–water partition coefficient (Wildman–Crippen LogP) is 3.96. The van der Waals surface area contributed by atoms with E-state index in [2.05, 4.69) is 15.6 Å². The molecule has 1 unspecified atom stereocenters. The highest BCUT2D eigenvalue weighted by Gasteiger charge is 2.35. The third-order valence-electron chi connectivity index (χ3n) is 4.88. The first-order valence-electron chi connectivity index (χ1n) is 10.2. The Morgan fingerprint density at radius 3 is 2.55 bits per heavy atom. The van der Waals surface area contributed by atoms with E-state index in [1.165, 1.54) is 25.1 Å². The Labute approximate surface area is 187 Å². The molecule has 0 spiro atoms. The van der Waals surface area contributed by atoms with Crippen LogP contribution in [0.5, 0.6) is 0 Å². The van der Waals surface area contributed by atoms with Crippen molar-refractivity contribution >= 4 is 29.2 Å². The van der Waals surface area contributed by atoms with Crippen molar-refractivity contribution in [3.8, 4) is 0 Å². The van der Waals surface area contributed by atoms with Gasteiger partial charge in [-0.05, 0) is 57.0 Å². The molecule has 1 fully saturated rings. The average Bonchev–Trinajstić information content (AvgIpc) is 3.29. The van der Waals surface area contributed by atoms with Crippen LogP contribution in [0.1, 0.15) is 51.9 Å². The molecule has 1 aromatic carbocycles. The third-order valence-corrected chi connectivity index (χ3v) is 4.88. The molecule has 176 valence electrons. The fourth-order valence-electron chi connectivity index (χ4n) is 3.27. The van der Waals surface area contributed by atoms with Crippen LogP contribution in [0, 0.1) is 6.92 Å². The zero-order valence-corrected chi connectivity index (χ0v) is 17.9. The molecule has 0 bridgehead atoms. The van der Waals surface area contributed by atoms with Crippen LogP contribution >= 0.6 is 0 Å². The van der Waals surface area contributed by atoms with Gasteiger partial charge in [-0.15, -0.1) is 0 Å². The van der Waals surface area contributed by atoms with E-state index in [9.17, 15) is 27.6 Å². The second-order valence-electron chi connectivity index (χ2n) is 7.25. The molecule has 2 amide bonds. The smallest absolute Gasteiger partial charge is 0.418 e. The van der Waals surface area contributed by atoms with Gasteiger partial charge < -0.3 is 20.1 Å². The predicted molar refractivity (Wildman–Crippen MR) is 112 cm³/mol. The number of pyridine rings is 1. The molecule has 1 aromatic heterocycles. The Morgan fingerprint density at radius 1 is 1.18 bits per heavy atom. The summed E-state index contributed by atoms with van der Waals surface area (Å²) < 4.78 is 51.0. The summed E-state index contributed by atoms with van der Waals surface area (Å²) in [4.78, 5) is 40.5. The Hall–Kier alpha value is -3.47. The van der Waals surface area contributed by atoms with Crippen LogP contribution in [0.25, 0.3) is 0 Å². The molecule has 1 aliphatic rings. The molecule has 11 heteroatoms. The Bertz CT molecular complexity index is 1070. The lowest BCUT2D eigenvalue weighted by Gasteiger charge is -2.17. The van der Waals surface area contributed by atoms with Gasteiger partial charge in [-0.3, -0.25) is 9.59 Å². The van der Waals surface area contributed by atoms with Crippen LogP contribution in [-0.2, 0) is 20.4 Å². The summed E-state index contributed by atoms with van der Waals surface area (Å²) in [5, 5.41) is 4.61. The molecule has 3 rings (SSSR count). The molecule has 1 atom stereocenters. The topological polar surface area (TPSA) is 107 Å². The first-order valence-corrected chi connectivity index (χ1v) is 10.2. The molecule has 1 saturated heterocycles. The summed E-state index contributed by atoms with van der Waals surface area (Å²) in [5.74, 6) is -2.04. The molecular weight excluding hydrogens is 443 g/mol. The number of carbonyl (C=O) groups excluding carboxylic acids is 3. The molecule has 2 heterocycles. The van der Waals surface area contributed by atoms with Gasteiger partial charge in [0.1, 0.15) is 11.8 Å². The normalized spacial score (nSPS) is 15.7. The minimum atomic E-state index is -4.80. The molecule has 0 saturated carbocycles. The van der Waals surface area contributed by atoms with Crippen molar-refractivity contribution in [3.63, 3.8) is 0 Å². The lowest BCUT2D eigenvalue weighted by atomic mass is 10.1. The van der Waals surface area contributed by atoms with E-state index >= 15 is 0 Å². The van der Waals surface area contributed by atoms with Gasteiger partial charge in [-0.25, -0.2) is 9.78 Å². The van der Waals surface area contributed by atoms with Gasteiger partial charge in [0.2, 0.25) is 0 Å². The van der Waals surface area contributed by atoms with E-state index in [0.29, 0.717) is 19.4 Å². The van der Waals surface area contributed by atoms with Crippen molar-refractivity contribution in [3.05, 3.63) is 52.8 Å². The fraction of sp³-hybridized carbons (Fsp3) is 0.364. The quantitative estimate of drug-likeness (QED) is 0.626. The lowest BCUT2D eigenvalue weighted by Crippen LogP contribution is -2.27. The van der Waals surface area contributed by atoms with Crippen molar-refractivity contribution in [2.24, 2.45) is 0 Å². The van der Waals surface area contributed by atoms with Gasteiger partial charge in [0, 0.05) is 12.3 Å². The number of benzene rings is 1. The van der Waals surface area contributed by atoms with Crippen molar-refractivity contribution in [2.45, 2.75) is 39.0 Å². The molecule has 2 N–H and O–H groups in total. The van der Waals surface area contributed by atoms with Crippen molar-refractivity contribution < 1.29 is 37.0 Å². The first-order chi connectivity index (χ1) is 15.6. The summed E-state index contributed by atoms with van der Waals surface area (Å²) in [5.41, 5.74) is -1.55. The van der Waals surface area contributed by atoms with Gasteiger partial charge in [0.15, 0.2) is 0 Å². The Morgan fingerprint density at radius 2 is 1.94 bits per heavy atom. The number of halogens is 3. The average molecular weight is 465 g/mol. The van der Waals surface area contributed by atoms with Crippen LogP contribution in [0.4, 0.5) is 24.5 Å². The maximum Gasteiger partial charge on any atom is 0.418 e. The van der Waals surface area contributed by atoms with Crippen molar-refractivity contribution in [1.29, 1.82) is 0 Å². The van der Waals surface area contributed by atoms with E-state index in [1.54, 1.807) is 6.92 Å². The zero-order chi connectivity index (χ0) is 24.2. The third kappa shape index (κ3) is 5.86. The number of carbonyl (C=O) groups is 3. The number of aryl methyl sites for hydroxylation is 1. The number of hydrogen-bond donors (Lipinski definition) is 2. The highest BCUT2D eigenvalue weighted by molar-refractivity contribution is 6.04. The number of nitrogens with one attached hydrogen (secondary N) is 2. The number of alkyl halides is 3. The van der Waals surface area contributed by atoms with Gasteiger partial charge in [-0.2, -0.15) is 13.2 Å². The minimum absolute atomic E-state index is 0.0754. The Balaban J connectivity index is 1.80. The minimum Gasteiger partial charge on any atom is -0.462 e. The molecule has 0 radical (unpaired) electrons. The van der Waals surface area contributed by atoms with Crippen molar-refractivity contribution in [2.75, 3.05) is 23.8 Å². The maximum absolute atomic E-state index is 13.6. The number of nitrogens with zero attached hydrogens (tertiary/aromatic N) is 1. The number of amides is 2. The van der Waals surface area contributed by atoms with Crippen LogP contribution in [0.2, 0.25) is 0 Å². The summed E-state index contributed by atoms with van der Waals surface area (Å²) >= 11 is 0. The highest BCUT2D eigenvalue weighted by atomic mass is 19.4. The van der Waals surface area contributed by atoms with Gasteiger partial charge in [0.25, 0.3) is 11.8 Å². The second-order valence-corrected chi connectivity index (χ2v) is 7.25. The van der Waals surface area contributed by atoms with E-state index in [4.69, 9.17) is 9.47 Å². The van der Waals surface area contributed by atoms with Crippen molar-refractivity contribution in [1.82, 2.24) is 4.98 Å². The van der Waals surface area contributed by atoms with E-state index in [-0.39, 0.29) is 29.2 Å². The number of esters is 1. The van der Waals surface area contributed by atoms with Crippen LogP contribution in [0.3, 0.4) is 0 Å². The van der Waals surface area contributed by atoms with Gasteiger partial charge in [-0.1, -0.05) is 0 Å². The molecule has 33 heavy (non-hydrogen) atoms. The number of aromatic nitrogens is 1. The number of ether oxygens (including phenoxy) is 2. The Kier molecular flexibility index (Phi) is 7.32. The van der Waals surface area contributed by atoms with Crippen LogP contribution < -0.4 is 10.6 Å².